The average Bonchev–Trinajstić information content (AvgIpc) is 3.43. The molecule has 0 radical (unpaired) electrons. The van der Waals surface area contributed by atoms with Crippen LogP contribution in [0.5, 0.6) is 0 Å². The van der Waals surface area contributed by atoms with Crippen LogP contribution in [-0.2, 0) is 34.2 Å². The molecule has 7 nitrogen and oxygen atoms in total. The summed E-state index contributed by atoms with van der Waals surface area (Å²) in [6.07, 6.45) is 1.95. The van der Waals surface area contributed by atoms with Crippen molar-refractivity contribution in [1.29, 1.82) is 0 Å². The Morgan fingerprint density at radius 1 is 0.889 bits per heavy atom. The van der Waals surface area contributed by atoms with Crippen molar-refractivity contribution in [3.63, 3.8) is 0 Å². The molecular formula is C37H44N4O3S. The third-order valence-electron chi connectivity index (χ3n) is 8.36. The Labute approximate surface area is 270 Å². The van der Waals surface area contributed by atoms with Crippen LogP contribution in [0.15, 0.2) is 78.9 Å². The van der Waals surface area contributed by atoms with E-state index >= 15 is 0 Å². The van der Waals surface area contributed by atoms with E-state index < -0.39 is 11.2 Å². The van der Waals surface area contributed by atoms with Gasteiger partial charge < -0.3 is 20.1 Å². The van der Waals surface area contributed by atoms with E-state index in [9.17, 15) is 14.1 Å². The van der Waals surface area contributed by atoms with Gasteiger partial charge in [0.2, 0.25) is 5.91 Å². The second kappa shape index (κ2) is 14.1. The first-order valence-electron chi connectivity index (χ1n) is 15.6. The molecule has 0 bridgehead atoms. The lowest BCUT2D eigenvalue weighted by atomic mass is 9.85. The maximum absolute atomic E-state index is 13.3. The predicted molar refractivity (Wildman–Crippen MR) is 187 cm³/mol. The van der Waals surface area contributed by atoms with Gasteiger partial charge in [0.15, 0.2) is 5.88 Å². The zero-order valence-corrected chi connectivity index (χ0v) is 27.8. The molecule has 1 atom stereocenters. The van der Waals surface area contributed by atoms with Crippen molar-refractivity contribution in [2.24, 2.45) is 0 Å². The van der Waals surface area contributed by atoms with Gasteiger partial charge in [-0.2, -0.15) is 0 Å². The number of nitrogens with one attached hydrogen (secondary N) is 2. The fourth-order valence-electron chi connectivity index (χ4n) is 5.64. The topological polar surface area (TPSA) is 87.7 Å². The first-order valence-corrected chi connectivity index (χ1v) is 17.1. The molecule has 0 saturated carbocycles. The monoisotopic (exact) mass is 624 g/mol. The molecule has 0 aliphatic carbocycles. The van der Waals surface area contributed by atoms with Crippen LogP contribution in [0.3, 0.4) is 0 Å². The summed E-state index contributed by atoms with van der Waals surface area (Å²) in [4.78, 5) is 29.4. The molecule has 0 spiro atoms. The van der Waals surface area contributed by atoms with E-state index in [1.165, 1.54) is 5.56 Å². The van der Waals surface area contributed by atoms with Gasteiger partial charge in [0, 0.05) is 44.7 Å². The molecule has 1 saturated heterocycles. The molecule has 1 aliphatic heterocycles. The zero-order valence-electron chi connectivity index (χ0n) is 27.0. The summed E-state index contributed by atoms with van der Waals surface area (Å²) in [5.41, 5.74) is 6.91. The van der Waals surface area contributed by atoms with Gasteiger partial charge in [-0.3, -0.25) is 9.69 Å². The lowest BCUT2D eigenvalue weighted by molar-refractivity contribution is -0.128. The van der Waals surface area contributed by atoms with E-state index in [2.05, 4.69) is 78.8 Å². The lowest BCUT2D eigenvalue weighted by Gasteiger charge is -2.22. The molecule has 1 heterocycles. The Kier molecular flexibility index (Phi) is 10.2. The summed E-state index contributed by atoms with van der Waals surface area (Å²) < 4.78 is 11.7. The largest absolute Gasteiger partial charge is 0.615 e. The van der Waals surface area contributed by atoms with E-state index in [1.54, 1.807) is 19.0 Å². The van der Waals surface area contributed by atoms with Crippen molar-refractivity contribution in [1.82, 2.24) is 9.80 Å². The van der Waals surface area contributed by atoms with Crippen LogP contribution in [0.2, 0.25) is 0 Å². The first-order chi connectivity index (χ1) is 21.5. The standard InChI is InChI=1S/C37H44N4O3S/c1-37(2,3)29-22-27(12-17-35(42)40(4)5)23-30(24-29)38-36(43)39-34-16-15-31(32-8-6-7-9-33(32)34)28-13-10-26(11-14-28)18-19-41-20-21-45(44)25-41/h6-11,13-16,22-24H,12,17-21,25H2,1-5H3,(H2,38,39,43). The first kappa shape index (κ1) is 32.5. The third-order valence-corrected chi connectivity index (χ3v) is 9.65. The molecule has 1 fully saturated rings. The van der Waals surface area contributed by atoms with E-state index in [-0.39, 0.29) is 17.4 Å². The van der Waals surface area contributed by atoms with Crippen molar-refractivity contribution in [2.75, 3.05) is 49.4 Å². The van der Waals surface area contributed by atoms with Gasteiger partial charge >= 0.3 is 6.03 Å². The number of urea groups is 1. The van der Waals surface area contributed by atoms with Crippen LogP contribution in [0.1, 0.15) is 43.9 Å². The highest BCUT2D eigenvalue weighted by Crippen LogP contribution is 2.34. The summed E-state index contributed by atoms with van der Waals surface area (Å²) >= 11 is -0.694. The molecule has 8 heteroatoms. The molecule has 4 aromatic rings. The number of hydrogen-bond donors (Lipinski definition) is 2. The number of amides is 3. The zero-order chi connectivity index (χ0) is 32.1. The van der Waals surface area contributed by atoms with Gasteiger partial charge in [0.05, 0.1) is 5.69 Å². The Bertz CT molecular complexity index is 1660. The summed E-state index contributed by atoms with van der Waals surface area (Å²) in [7, 11) is 3.53. The number of benzene rings is 4. The number of rotatable bonds is 9. The van der Waals surface area contributed by atoms with Gasteiger partial charge in [0.1, 0.15) is 5.75 Å². The molecule has 1 unspecified atom stereocenters. The van der Waals surface area contributed by atoms with Gasteiger partial charge in [-0.05, 0) is 80.8 Å². The minimum absolute atomic E-state index is 0.0759. The quantitative estimate of drug-likeness (QED) is 0.196. The predicted octanol–water partition coefficient (Wildman–Crippen LogP) is 7.03. The van der Waals surface area contributed by atoms with Gasteiger partial charge in [-0.15, -0.1) is 0 Å². The molecule has 45 heavy (non-hydrogen) atoms. The second-order valence-electron chi connectivity index (χ2n) is 13.1. The highest BCUT2D eigenvalue weighted by atomic mass is 32.2. The summed E-state index contributed by atoms with van der Waals surface area (Å²) in [6, 6.07) is 26.6. The molecule has 0 aromatic heterocycles. The van der Waals surface area contributed by atoms with Crippen LogP contribution in [0.25, 0.3) is 21.9 Å². The van der Waals surface area contributed by atoms with Crippen molar-refractivity contribution < 1.29 is 14.1 Å². The van der Waals surface area contributed by atoms with Crippen LogP contribution in [0, 0.1) is 0 Å². The van der Waals surface area contributed by atoms with Crippen LogP contribution < -0.4 is 10.6 Å². The minimum Gasteiger partial charge on any atom is -0.615 e. The lowest BCUT2D eigenvalue weighted by Crippen LogP contribution is -2.23. The molecule has 5 rings (SSSR count). The van der Waals surface area contributed by atoms with Crippen molar-refractivity contribution >= 4 is 45.3 Å². The Balaban J connectivity index is 1.31. The maximum Gasteiger partial charge on any atom is 0.323 e. The van der Waals surface area contributed by atoms with Crippen molar-refractivity contribution in [3.05, 3.63) is 95.6 Å². The highest BCUT2D eigenvalue weighted by Gasteiger charge is 2.22. The Hall–Kier alpha value is -3.85. The number of nitrogens with zero attached hydrogens (tertiary/aromatic N) is 2. The highest BCUT2D eigenvalue weighted by molar-refractivity contribution is 7.91. The normalized spacial score (nSPS) is 15.3. The smallest absolute Gasteiger partial charge is 0.323 e. The van der Waals surface area contributed by atoms with Crippen LogP contribution in [-0.4, -0.2) is 65.1 Å². The number of carbonyl (C=O) groups excluding carboxylic acids is 2. The Morgan fingerprint density at radius 3 is 2.29 bits per heavy atom. The van der Waals surface area contributed by atoms with E-state index in [1.807, 2.05) is 36.4 Å². The average molecular weight is 625 g/mol. The fourth-order valence-corrected chi connectivity index (χ4v) is 6.90. The van der Waals surface area contributed by atoms with Crippen molar-refractivity contribution in [2.45, 2.75) is 45.4 Å². The second-order valence-corrected chi connectivity index (χ2v) is 14.6. The number of fused-ring (bicyclic) bond motifs is 1. The number of carbonyl (C=O) groups is 2. The molecule has 3 amide bonds. The summed E-state index contributed by atoms with van der Waals surface area (Å²) in [5.74, 6) is 1.54. The molecule has 236 valence electrons. The molecular weight excluding hydrogens is 580 g/mol. The van der Waals surface area contributed by atoms with E-state index in [0.29, 0.717) is 24.4 Å². The number of anilines is 2. The molecule has 2 N–H and O–H groups in total. The fraction of sp³-hybridized carbons (Fsp3) is 0.351. The SMILES string of the molecule is CN(C)C(=O)CCc1cc(NC(=O)Nc2ccc(-c3ccc(CCN4CC[S+]([O-])C4)cc3)c3ccccc23)cc(C(C)(C)C)c1. The molecule has 4 aromatic carbocycles. The van der Waals surface area contributed by atoms with E-state index in [4.69, 9.17) is 0 Å². The van der Waals surface area contributed by atoms with E-state index in [0.717, 1.165) is 64.0 Å². The summed E-state index contributed by atoms with van der Waals surface area (Å²) in [5, 5.41) is 8.13. The minimum atomic E-state index is -0.694. The van der Waals surface area contributed by atoms with Gasteiger partial charge in [-0.25, -0.2) is 4.79 Å². The van der Waals surface area contributed by atoms with Gasteiger partial charge in [0.25, 0.3) is 0 Å². The van der Waals surface area contributed by atoms with Crippen LogP contribution in [0.4, 0.5) is 16.2 Å². The van der Waals surface area contributed by atoms with Crippen molar-refractivity contribution in [3.8, 4) is 11.1 Å². The van der Waals surface area contributed by atoms with Gasteiger partial charge in [-0.1, -0.05) is 81.4 Å². The number of aryl methyl sites for hydroxylation is 1. The number of hydrogen-bond acceptors (Lipinski definition) is 4. The third kappa shape index (κ3) is 8.45. The van der Waals surface area contributed by atoms with Crippen LogP contribution >= 0.6 is 0 Å². The summed E-state index contributed by atoms with van der Waals surface area (Å²) in [6.45, 7) is 8.26. The molecule has 1 aliphatic rings. The Morgan fingerprint density at radius 2 is 1.62 bits per heavy atom. The maximum atomic E-state index is 13.3.